The molecule has 1 atom stereocenters. The molecule has 2 aromatic carbocycles. The Morgan fingerprint density at radius 3 is 2.58 bits per heavy atom. The molecule has 1 unspecified atom stereocenters. The maximum Gasteiger partial charge on any atom is 0.262 e. The van der Waals surface area contributed by atoms with E-state index in [1.54, 1.807) is 24.4 Å². The van der Waals surface area contributed by atoms with Gasteiger partial charge in [0.1, 0.15) is 6.04 Å². The number of piperidine rings is 1. The average molecular weight is 582 g/mol. The minimum atomic E-state index is -0.969. The molecule has 0 bridgehead atoms. The maximum absolute atomic E-state index is 13.0. The molecule has 2 aliphatic heterocycles. The molecule has 4 amide bonds. The van der Waals surface area contributed by atoms with E-state index in [2.05, 4.69) is 20.6 Å². The number of carbonyl (C=O) groups is 4. The molecule has 1 saturated heterocycles. The van der Waals surface area contributed by atoms with Gasteiger partial charge in [0.2, 0.25) is 11.8 Å². The van der Waals surface area contributed by atoms with Gasteiger partial charge in [-0.2, -0.15) is 0 Å². The standard InChI is InChI=1S/C32H35N7O4/c1-19(33)28(29-36-18-21-9-5-6-10-25(21)37-29)20(2)34-15-7-3-4-8-16-35-22-11-12-23-24(17-22)32(43)39(31(23)42)26-13-14-27(40)38-30(26)41/h5-6,9-12,17-18,26,35H,3-4,7-8,13-16,33H2,1-2H3,(H,38,40,41). The second-order valence-electron chi connectivity index (χ2n) is 10.8. The van der Waals surface area contributed by atoms with Crippen molar-refractivity contribution in [2.24, 2.45) is 10.7 Å². The van der Waals surface area contributed by atoms with Crippen molar-refractivity contribution in [3.63, 3.8) is 0 Å². The van der Waals surface area contributed by atoms with Crippen LogP contribution in [0.5, 0.6) is 0 Å². The van der Waals surface area contributed by atoms with E-state index >= 15 is 0 Å². The zero-order valence-electron chi connectivity index (χ0n) is 24.4. The Morgan fingerprint density at radius 2 is 1.79 bits per heavy atom. The predicted molar refractivity (Wildman–Crippen MR) is 164 cm³/mol. The van der Waals surface area contributed by atoms with Crippen LogP contribution in [0.2, 0.25) is 0 Å². The lowest BCUT2D eigenvalue weighted by molar-refractivity contribution is -0.136. The highest BCUT2D eigenvalue weighted by Crippen LogP contribution is 2.29. The van der Waals surface area contributed by atoms with Crippen molar-refractivity contribution in [1.29, 1.82) is 0 Å². The van der Waals surface area contributed by atoms with Crippen molar-refractivity contribution in [2.75, 3.05) is 18.4 Å². The molecule has 3 aromatic rings. The second-order valence-corrected chi connectivity index (χ2v) is 10.8. The molecule has 0 radical (unpaired) electrons. The summed E-state index contributed by atoms with van der Waals surface area (Å²) in [6.07, 6.45) is 5.89. The molecule has 0 aliphatic carbocycles. The number of amides is 4. The molecule has 0 spiro atoms. The Balaban J connectivity index is 1.07. The van der Waals surface area contributed by atoms with Crippen LogP contribution in [-0.4, -0.2) is 63.3 Å². The van der Waals surface area contributed by atoms with Crippen molar-refractivity contribution in [2.45, 2.75) is 58.4 Å². The Hall–Kier alpha value is -4.93. The number of fused-ring (bicyclic) bond motifs is 2. The van der Waals surface area contributed by atoms with Gasteiger partial charge in [-0.1, -0.05) is 31.0 Å². The van der Waals surface area contributed by atoms with Crippen LogP contribution in [-0.2, 0) is 9.59 Å². The molecular formula is C32H35N7O4. The summed E-state index contributed by atoms with van der Waals surface area (Å²) in [5.41, 5.74) is 10.5. The number of aliphatic imine (C=N–C) groups is 1. The summed E-state index contributed by atoms with van der Waals surface area (Å²) < 4.78 is 0. The van der Waals surface area contributed by atoms with Crippen LogP contribution in [0.1, 0.15) is 78.9 Å². The number of hydrogen-bond acceptors (Lipinski definition) is 9. The molecule has 43 heavy (non-hydrogen) atoms. The minimum absolute atomic E-state index is 0.0916. The third kappa shape index (κ3) is 6.45. The second kappa shape index (κ2) is 12.9. The predicted octanol–water partition coefficient (Wildman–Crippen LogP) is 3.85. The summed E-state index contributed by atoms with van der Waals surface area (Å²) in [6, 6.07) is 11.9. The first kappa shape index (κ1) is 29.6. The maximum atomic E-state index is 13.0. The molecule has 5 rings (SSSR count). The van der Waals surface area contributed by atoms with Crippen molar-refractivity contribution in [3.05, 3.63) is 71.3 Å². The van der Waals surface area contributed by atoms with E-state index in [-0.39, 0.29) is 24.0 Å². The number of rotatable bonds is 11. The van der Waals surface area contributed by atoms with E-state index in [0.717, 1.165) is 58.5 Å². The fraction of sp³-hybridized carbons (Fsp3) is 0.344. The molecular weight excluding hydrogens is 546 g/mol. The summed E-state index contributed by atoms with van der Waals surface area (Å²) >= 11 is 0. The first-order valence-corrected chi connectivity index (χ1v) is 14.5. The van der Waals surface area contributed by atoms with Crippen LogP contribution in [0.15, 0.2) is 59.4 Å². The Kier molecular flexibility index (Phi) is 8.89. The van der Waals surface area contributed by atoms with E-state index in [4.69, 9.17) is 10.7 Å². The van der Waals surface area contributed by atoms with Crippen molar-refractivity contribution < 1.29 is 19.2 Å². The molecule has 0 saturated carbocycles. The smallest absolute Gasteiger partial charge is 0.262 e. The highest BCUT2D eigenvalue weighted by molar-refractivity contribution is 6.24. The summed E-state index contributed by atoms with van der Waals surface area (Å²) in [5.74, 6) is -1.45. The van der Waals surface area contributed by atoms with Crippen LogP contribution >= 0.6 is 0 Å². The fourth-order valence-corrected chi connectivity index (χ4v) is 5.45. The number of aromatic nitrogens is 2. The molecule has 4 N–H and O–H groups in total. The van der Waals surface area contributed by atoms with Crippen LogP contribution in [0, 0.1) is 0 Å². The quantitative estimate of drug-likeness (QED) is 0.175. The monoisotopic (exact) mass is 581 g/mol. The van der Waals surface area contributed by atoms with Gasteiger partial charge in [0.25, 0.3) is 11.8 Å². The first-order valence-electron chi connectivity index (χ1n) is 14.5. The number of nitrogens with two attached hydrogens (primary N) is 1. The Labute approximate surface area is 249 Å². The Bertz CT molecular complexity index is 1660. The topological polar surface area (TPSA) is 160 Å². The molecule has 1 aromatic heterocycles. The number of nitrogens with zero attached hydrogens (tertiary/aromatic N) is 4. The Morgan fingerprint density at radius 1 is 1.02 bits per heavy atom. The van der Waals surface area contributed by atoms with Gasteiger partial charge in [0.15, 0.2) is 5.82 Å². The summed E-state index contributed by atoms with van der Waals surface area (Å²) in [4.78, 5) is 64.5. The van der Waals surface area contributed by atoms with Gasteiger partial charge < -0.3 is 11.1 Å². The van der Waals surface area contributed by atoms with Crippen molar-refractivity contribution in [3.8, 4) is 0 Å². The highest BCUT2D eigenvalue weighted by atomic mass is 16.2. The van der Waals surface area contributed by atoms with Gasteiger partial charge in [0.05, 0.1) is 22.2 Å². The molecule has 11 heteroatoms. The van der Waals surface area contributed by atoms with E-state index in [9.17, 15) is 19.2 Å². The normalized spacial score (nSPS) is 17.7. The molecule has 222 valence electrons. The van der Waals surface area contributed by atoms with Gasteiger partial charge in [-0.25, -0.2) is 9.97 Å². The number of unbranched alkanes of at least 4 members (excludes halogenated alkanes) is 3. The van der Waals surface area contributed by atoms with Gasteiger partial charge in [-0.3, -0.25) is 34.4 Å². The van der Waals surface area contributed by atoms with E-state index in [1.807, 2.05) is 38.1 Å². The lowest BCUT2D eigenvalue weighted by Crippen LogP contribution is -2.54. The average Bonchev–Trinajstić information content (AvgIpc) is 3.23. The largest absolute Gasteiger partial charge is 0.402 e. The van der Waals surface area contributed by atoms with Gasteiger partial charge in [0, 0.05) is 48.2 Å². The SMILES string of the molecule is CC(=NCCCCCCNc1ccc2c(c1)C(=O)N(C1CCC(=O)NC1=O)C2=O)C(=C(C)N)c1ncc2ccccc2n1. The summed E-state index contributed by atoms with van der Waals surface area (Å²) in [6.45, 7) is 5.16. The van der Waals surface area contributed by atoms with E-state index in [0.29, 0.717) is 24.6 Å². The number of para-hydroxylation sites is 1. The van der Waals surface area contributed by atoms with Crippen LogP contribution in [0.4, 0.5) is 5.69 Å². The zero-order valence-corrected chi connectivity index (χ0v) is 24.4. The number of anilines is 1. The van der Waals surface area contributed by atoms with Crippen molar-refractivity contribution >= 4 is 51.5 Å². The first-order chi connectivity index (χ1) is 20.7. The zero-order chi connectivity index (χ0) is 30.5. The van der Waals surface area contributed by atoms with Gasteiger partial charge in [-0.05, 0) is 57.4 Å². The lowest BCUT2D eigenvalue weighted by Gasteiger charge is -2.27. The van der Waals surface area contributed by atoms with Gasteiger partial charge in [-0.15, -0.1) is 0 Å². The number of carbonyl (C=O) groups excluding carboxylic acids is 4. The third-order valence-corrected chi connectivity index (χ3v) is 7.67. The minimum Gasteiger partial charge on any atom is -0.402 e. The number of imide groups is 2. The van der Waals surface area contributed by atoms with E-state index < -0.39 is 29.7 Å². The number of benzene rings is 2. The third-order valence-electron chi connectivity index (χ3n) is 7.67. The summed E-state index contributed by atoms with van der Waals surface area (Å²) in [7, 11) is 0. The van der Waals surface area contributed by atoms with Crippen molar-refractivity contribution in [1.82, 2.24) is 20.2 Å². The lowest BCUT2D eigenvalue weighted by atomic mass is 10.0. The molecule has 11 nitrogen and oxygen atoms in total. The molecule has 3 heterocycles. The fourth-order valence-electron chi connectivity index (χ4n) is 5.45. The van der Waals surface area contributed by atoms with Gasteiger partial charge >= 0.3 is 0 Å². The van der Waals surface area contributed by atoms with Crippen LogP contribution in [0.25, 0.3) is 16.5 Å². The number of allylic oxidation sites excluding steroid dienone is 2. The number of hydrogen-bond donors (Lipinski definition) is 3. The number of nitrogens with one attached hydrogen (secondary N) is 2. The molecule has 1 fully saturated rings. The van der Waals surface area contributed by atoms with Crippen LogP contribution in [0.3, 0.4) is 0 Å². The van der Waals surface area contributed by atoms with E-state index in [1.165, 1.54) is 0 Å². The van der Waals surface area contributed by atoms with Crippen LogP contribution < -0.4 is 16.4 Å². The highest BCUT2D eigenvalue weighted by Gasteiger charge is 2.44. The summed E-state index contributed by atoms with van der Waals surface area (Å²) in [5, 5.41) is 6.50. The molecule has 2 aliphatic rings.